The fourth-order valence-corrected chi connectivity index (χ4v) is 1.96. The highest BCUT2D eigenvalue weighted by Gasteiger charge is 2.26. The van der Waals surface area contributed by atoms with Crippen molar-refractivity contribution in [2.24, 2.45) is 0 Å². The van der Waals surface area contributed by atoms with E-state index in [0.29, 0.717) is 12.3 Å². The minimum Gasteiger partial charge on any atom is -0.466 e. The van der Waals surface area contributed by atoms with Crippen molar-refractivity contribution in [2.45, 2.75) is 32.0 Å². The van der Waals surface area contributed by atoms with Gasteiger partial charge >= 0.3 is 6.03 Å². The lowest BCUT2D eigenvalue weighted by molar-refractivity contribution is 0.0366. The number of nitrogens with one attached hydrogen (secondary N) is 2. The summed E-state index contributed by atoms with van der Waals surface area (Å²) in [5.41, 5.74) is -1.24. The van der Waals surface area contributed by atoms with Crippen LogP contribution >= 0.6 is 0 Å². The molecule has 2 rings (SSSR count). The van der Waals surface area contributed by atoms with Gasteiger partial charge in [0.2, 0.25) is 0 Å². The fourth-order valence-electron chi connectivity index (χ4n) is 1.96. The molecule has 0 aromatic carbocycles. The first-order valence-corrected chi connectivity index (χ1v) is 6.74. The summed E-state index contributed by atoms with van der Waals surface area (Å²) in [5.74, 6) is 0.411. The van der Waals surface area contributed by atoms with E-state index >= 15 is 0 Å². The maximum Gasteiger partial charge on any atom is 0.315 e. The number of hydrogen-bond acceptors (Lipinski definition) is 4. The third-order valence-electron chi connectivity index (χ3n) is 3.07. The van der Waals surface area contributed by atoms with Gasteiger partial charge in [-0.25, -0.2) is 9.78 Å². The molecule has 2 aromatic rings. The second-order valence-corrected chi connectivity index (χ2v) is 5.24. The molecule has 2 atom stereocenters. The maximum atomic E-state index is 11.8. The van der Waals surface area contributed by atoms with Crippen LogP contribution in [0.5, 0.6) is 0 Å². The lowest BCUT2D eigenvalue weighted by Crippen LogP contribution is -2.46. The monoisotopic (exact) mass is 292 g/mol. The number of nitrogens with zero attached hydrogens (tertiary/aromatic N) is 2. The average molecular weight is 292 g/mol. The number of aromatic nitrogens is 2. The zero-order valence-corrected chi connectivity index (χ0v) is 12.1. The average Bonchev–Trinajstić information content (AvgIpc) is 3.09. The number of furan rings is 1. The Labute approximate surface area is 123 Å². The van der Waals surface area contributed by atoms with Crippen molar-refractivity contribution in [3.05, 3.63) is 42.9 Å². The number of hydrogen-bond donors (Lipinski definition) is 3. The van der Waals surface area contributed by atoms with Gasteiger partial charge in [-0.15, -0.1) is 0 Å². The van der Waals surface area contributed by atoms with E-state index in [-0.39, 0.29) is 18.6 Å². The van der Waals surface area contributed by atoms with Crippen molar-refractivity contribution < 1.29 is 14.3 Å². The molecule has 3 N–H and O–H groups in total. The van der Waals surface area contributed by atoms with Gasteiger partial charge in [-0.3, -0.25) is 0 Å². The third kappa shape index (κ3) is 4.35. The van der Waals surface area contributed by atoms with E-state index in [1.165, 1.54) is 6.26 Å². The normalized spacial score (nSPS) is 15.2. The van der Waals surface area contributed by atoms with Crippen LogP contribution in [0.3, 0.4) is 0 Å². The van der Waals surface area contributed by atoms with Crippen molar-refractivity contribution in [1.29, 1.82) is 0 Å². The summed E-state index contributed by atoms with van der Waals surface area (Å²) < 4.78 is 7.03. The van der Waals surface area contributed by atoms with Gasteiger partial charge in [0.25, 0.3) is 0 Å². The predicted octanol–water partition coefficient (Wildman–Crippen LogP) is 1.07. The molecule has 7 heteroatoms. The first kappa shape index (κ1) is 15.1. The van der Waals surface area contributed by atoms with Crippen molar-refractivity contribution in [3.8, 4) is 0 Å². The van der Waals surface area contributed by atoms with Crippen LogP contribution in [0.4, 0.5) is 4.79 Å². The van der Waals surface area contributed by atoms with Gasteiger partial charge in [0, 0.05) is 25.0 Å². The van der Waals surface area contributed by atoms with Crippen molar-refractivity contribution in [2.75, 3.05) is 6.54 Å². The van der Waals surface area contributed by atoms with E-state index in [1.807, 2.05) is 17.7 Å². The van der Waals surface area contributed by atoms with Crippen LogP contribution in [0.1, 0.15) is 19.6 Å². The van der Waals surface area contributed by atoms with Crippen LogP contribution < -0.4 is 10.6 Å². The van der Waals surface area contributed by atoms with Gasteiger partial charge in [0.05, 0.1) is 19.1 Å². The van der Waals surface area contributed by atoms with Gasteiger partial charge in [0.1, 0.15) is 11.4 Å². The minimum atomic E-state index is -1.24. The summed E-state index contributed by atoms with van der Waals surface area (Å²) in [7, 11) is 0. The zero-order chi connectivity index (χ0) is 15.3. The molecule has 0 saturated heterocycles. The van der Waals surface area contributed by atoms with Crippen LogP contribution in [0.2, 0.25) is 0 Å². The summed E-state index contributed by atoms with van der Waals surface area (Å²) in [6.07, 6.45) is 6.69. The molecule has 7 nitrogen and oxygen atoms in total. The van der Waals surface area contributed by atoms with Crippen LogP contribution in [0.25, 0.3) is 0 Å². The molecular weight excluding hydrogens is 272 g/mol. The molecule has 114 valence electrons. The van der Waals surface area contributed by atoms with E-state index in [1.54, 1.807) is 31.6 Å². The first-order chi connectivity index (χ1) is 9.97. The summed E-state index contributed by atoms with van der Waals surface area (Å²) in [6, 6.07) is 2.96. The second-order valence-electron chi connectivity index (χ2n) is 5.24. The molecule has 0 aliphatic carbocycles. The molecule has 2 unspecified atom stereocenters. The van der Waals surface area contributed by atoms with Gasteiger partial charge in [0.15, 0.2) is 0 Å². The molecule has 0 radical (unpaired) electrons. The quantitative estimate of drug-likeness (QED) is 0.742. The predicted molar refractivity (Wildman–Crippen MR) is 76.5 cm³/mol. The summed E-state index contributed by atoms with van der Waals surface area (Å²) in [5, 5.41) is 15.6. The standard InChI is InChI=1S/C14H20N4O3/c1-11(8-18-6-5-15-10-18)17-13(19)16-9-14(2,20)12-4-3-7-21-12/h3-7,10-11,20H,8-9H2,1-2H3,(H2,16,17,19). The number of aliphatic hydroxyl groups is 1. The molecule has 2 amide bonds. The molecule has 0 aliphatic rings. The number of rotatable bonds is 6. The lowest BCUT2D eigenvalue weighted by atomic mass is 10.0. The van der Waals surface area contributed by atoms with Crippen molar-refractivity contribution in [1.82, 2.24) is 20.2 Å². The highest BCUT2D eigenvalue weighted by molar-refractivity contribution is 5.74. The number of imidazole rings is 1. The Morgan fingerprint density at radius 1 is 1.62 bits per heavy atom. The molecule has 21 heavy (non-hydrogen) atoms. The molecule has 0 saturated carbocycles. The fraction of sp³-hybridized carbons (Fsp3) is 0.429. The van der Waals surface area contributed by atoms with Crippen LogP contribution in [0.15, 0.2) is 41.5 Å². The van der Waals surface area contributed by atoms with Crippen LogP contribution in [-0.4, -0.2) is 33.3 Å². The smallest absolute Gasteiger partial charge is 0.315 e. The molecule has 0 aliphatic heterocycles. The van der Waals surface area contributed by atoms with Gasteiger partial charge in [-0.1, -0.05) is 0 Å². The van der Waals surface area contributed by atoms with Gasteiger partial charge in [-0.2, -0.15) is 0 Å². The van der Waals surface area contributed by atoms with Gasteiger partial charge in [-0.05, 0) is 26.0 Å². The van der Waals surface area contributed by atoms with E-state index in [2.05, 4.69) is 15.6 Å². The topological polar surface area (TPSA) is 92.3 Å². The van der Waals surface area contributed by atoms with E-state index < -0.39 is 5.60 Å². The molecule has 0 spiro atoms. The lowest BCUT2D eigenvalue weighted by Gasteiger charge is -2.22. The minimum absolute atomic E-state index is 0.0597. The first-order valence-electron chi connectivity index (χ1n) is 6.74. The largest absolute Gasteiger partial charge is 0.466 e. The molecule has 0 fully saturated rings. The molecule has 2 heterocycles. The Kier molecular flexibility index (Phi) is 4.64. The van der Waals surface area contributed by atoms with Crippen LogP contribution in [-0.2, 0) is 12.1 Å². The zero-order valence-electron chi connectivity index (χ0n) is 12.1. The molecule has 0 bridgehead atoms. The Balaban J connectivity index is 1.77. The SMILES string of the molecule is CC(Cn1ccnc1)NC(=O)NCC(C)(O)c1ccco1. The molecule has 2 aromatic heterocycles. The van der Waals surface area contributed by atoms with Gasteiger partial charge < -0.3 is 24.7 Å². The van der Waals surface area contributed by atoms with Crippen molar-refractivity contribution in [3.63, 3.8) is 0 Å². The Morgan fingerprint density at radius 2 is 2.43 bits per heavy atom. The number of amides is 2. The Bertz CT molecular complexity index is 549. The number of urea groups is 1. The summed E-state index contributed by atoms with van der Waals surface area (Å²) in [6.45, 7) is 4.16. The summed E-state index contributed by atoms with van der Waals surface area (Å²) in [4.78, 5) is 15.8. The van der Waals surface area contributed by atoms with Crippen molar-refractivity contribution >= 4 is 6.03 Å². The van der Waals surface area contributed by atoms with E-state index in [9.17, 15) is 9.90 Å². The van der Waals surface area contributed by atoms with Crippen LogP contribution in [0, 0.1) is 0 Å². The summed E-state index contributed by atoms with van der Waals surface area (Å²) >= 11 is 0. The maximum absolute atomic E-state index is 11.8. The second kappa shape index (κ2) is 6.45. The Morgan fingerprint density at radius 3 is 3.05 bits per heavy atom. The van der Waals surface area contributed by atoms with E-state index in [0.717, 1.165) is 0 Å². The number of carbonyl (C=O) groups excluding carboxylic acids is 1. The number of carbonyl (C=O) groups is 1. The molecular formula is C14H20N4O3. The van der Waals surface area contributed by atoms with E-state index in [4.69, 9.17) is 4.42 Å². The highest BCUT2D eigenvalue weighted by Crippen LogP contribution is 2.19. The highest BCUT2D eigenvalue weighted by atomic mass is 16.4. The Hall–Kier alpha value is -2.28. The third-order valence-corrected chi connectivity index (χ3v) is 3.07.